The van der Waals surface area contributed by atoms with Crippen molar-refractivity contribution in [1.82, 2.24) is 4.98 Å². The smallest absolute Gasteiger partial charge is 0.0703 e. The molecule has 0 aromatic carbocycles. The molecule has 1 aromatic rings. The number of nitrogens with zero attached hydrogens (tertiary/aromatic N) is 1. The predicted molar refractivity (Wildman–Crippen MR) is 83.7 cm³/mol. The van der Waals surface area contributed by atoms with Crippen molar-refractivity contribution in [2.45, 2.75) is 71.8 Å². The Morgan fingerprint density at radius 2 is 1.90 bits per heavy atom. The van der Waals surface area contributed by atoms with Gasteiger partial charge in [0.2, 0.25) is 0 Å². The van der Waals surface area contributed by atoms with Crippen molar-refractivity contribution in [1.29, 1.82) is 0 Å². The van der Waals surface area contributed by atoms with Crippen LogP contribution in [0, 0.1) is 11.3 Å². The van der Waals surface area contributed by atoms with Crippen molar-refractivity contribution < 1.29 is 5.11 Å². The second-order valence-corrected chi connectivity index (χ2v) is 7.55. The summed E-state index contributed by atoms with van der Waals surface area (Å²) in [5, 5.41) is 10.8. The Kier molecular flexibility index (Phi) is 4.53. The molecule has 1 saturated carbocycles. The number of aromatic nitrogens is 1. The van der Waals surface area contributed by atoms with Gasteiger partial charge in [-0.15, -0.1) is 0 Å². The first-order valence-corrected chi connectivity index (χ1v) is 7.98. The summed E-state index contributed by atoms with van der Waals surface area (Å²) in [5.41, 5.74) is 2.11. The van der Waals surface area contributed by atoms with Crippen LogP contribution in [0.5, 0.6) is 0 Å². The zero-order valence-corrected chi connectivity index (χ0v) is 13.4. The molecule has 112 valence electrons. The highest BCUT2D eigenvalue weighted by atomic mass is 16.3. The van der Waals surface area contributed by atoms with Crippen LogP contribution in [0.3, 0.4) is 0 Å². The summed E-state index contributed by atoms with van der Waals surface area (Å²) in [6.07, 6.45) is 7.75. The van der Waals surface area contributed by atoms with Gasteiger partial charge in [0.05, 0.1) is 5.60 Å². The maximum Gasteiger partial charge on any atom is 0.0703 e. The van der Waals surface area contributed by atoms with Crippen molar-refractivity contribution in [3.63, 3.8) is 0 Å². The number of rotatable bonds is 3. The Labute approximate surface area is 123 Å². The summed E-state index contributed by atoms with van der Waals surface area (Å²) in [5.74, 6) is 0.734. The monoisotopic (exact) mass is 275 g/mol. The molecule has 0 bridgehead atoms. The summed E-state index contributed by atoms with van der Waals surface area (Å²) in [6.45, 7) is 9.07. The van der Waals surface area contributed by atoms with Crippen LogP contribution in [0.1, 0.15) is 64.6 Å². The van der Waals surface area contributed by atoms with Crippen LogP contribution in [-0.4, -0.2) is 15.7 Å². The molecule has 1 N–H and O–H groups in total. The third-order valence-electron chi connectivity index (χ3n) is 4.95. The number of hydrogen-bond donors (Lipinski definition) is 1. The number of hydrogen-bond acceptors (Lipinski definition) is 2. The molecule has 2 heteroatoms. The second kappa shape index (κ2) is 5.85. The highest BCUT2D eigenvalue weighted by Crippen LogP contribution is 2.42. The van der Waals surface area contributed by atoms with Gasteiger partial charge in [-0.3, -0.25) is 4.98 Å². The third kappa shape index (κ3) is 3.82. The van der Waals surface area contributed by atoms with Gasteiger partial charge in [0.1, 0.15) is 0 Å². The first-order valence-electron chi connectivity index (χ1n) is 7.98. The Morgan fingerprint density at radius 1 is 1.25 bits per heavy atom. The predicted octanol–water partition coefficient (Wildman–Crippen LogP) is 4.15. The normalized spacial score (nSPS) is 27.6. The van der Waals surface area contributed by atoms with Gasteiger partial charge < -0.3 is 5.11 Å². The van der Waals surface area contributed by atoms with Crippen LogP contribution in [0.2, 0.25) is 0 Å². The molecule has 0 unspecified atom stereocenters. The van der Waals surface area contributed by atoms with Crippen LogP contribution < -0.4 is 0 Å². The van der Waals surface area contributed by atoms with Crippen LogP contribution >= 0.6 is 0 Å². The van der Waals surface area contributed by atoms with Crippen molar-refractivity contribution in [2.24, 2.45) is 11.3 Å². The lowest BCUT2D eigenvalue weighted by molar-refractivity contribution is -0.0251. The molecule has 0 amide bonds. The van der Waals surface area contributed by atoms with Gasteiger partial charge in [-0.05, 0) is 55.1 Å². The Bertz CT molecular complexity index is 422. The van der Waals surface area contributed by atoms with E-state index in [0.717, 1.165) is 43.7 Å². The minimum atomic E-state index is -0.539. The fourth-order valence-electron chi connectivity index (χ4n) is 3.30. The van der Waals surface area contributed by atoms with Gasteiger partial charge in [-0.25, -0.2) is 0 Å². The van der Waals surface area contributed by atoms with Crippen molar-refractivity contribution in [3.05, 3.63) is 29.6 Å². The average Bonchev–Trinajstić information content (AvgIpc) is 2.38. The van der Waals surface area contributed by atoms with E-state index in [0.29, 0.717) is 11.8 Å². The maximum absolute atomic E-state index is 10.8. The van der Waals surface area contributed by atoms with Crippen LogP contribution in [-0.2, 0) is 12.8 Å². The van der Waals surface area contributed by atoms with Crippen LogP contribution in [0.25, 0.3) is 0 Å². The molecule has 20 heavy (non-hydrogen) atoms. The summed E-state index contributed by atoms with van der Waals surface area (Å²) in [4.78, 5) is 4.50. The molecule has 0 aliphatic heterocycles. The lowest BCUT2D eigenvalue weighted by Crippen LogP contribution is -2.39. The highest BCUT2D eigenvalue weighted by Gasteiger charge is 2.37. The molecule has 1 aliphatic carbocycles. The van der Waals surface area contributed by atoms with E-state index >= 15 is 0 Å². The molecule has 1 aromatic heterocycles. The minimum Gasteiger partial charge on any atom is -0.389 e. The van der Waals surface area contributed by atoms with E-state index in [9.17, 15) is 5.11 Å². The zero-order valence-electron chi connectivity index (χ0n) is 13.4. The largest absolute Gasteiger partial charge is 0.389 e. The lowest BCUT2D eigenvalue weighted by Gasteiger charge is -2.41. The summed E-state index contributed by atoms with van der Waals surface area (Å²) < 4.78 is 0. The lowest BCUT2D eigenvalue weighted by atomic mass is 9.67. The first kappa shape index (κ1) is 15.5. The SMILES string of the molecule is CCc1ccc(CC2(O)CCC(C(C)(C)C)CC2)nc1. The molecular weight excluding hydrogens is 246 g/mol. The standard InChI is InChI=1S/C18H29NO/c1-5-14-6-7-16(19-13-14)12-18(20)10-8-15(9-11-18)17(2,3)4/h6-7,13,15,20H,5,8-12H2,1-4H3. The Morgan fingerprint density at radius 3 is 2.35 bits per heavy atom. The van der Waals surface area contributed by atoms with Crippen molar-refractivity contribution >= 4 is 0 Å². The van der Waals surface area contributed by atoms with E-state index in [1.54, 1.807) is 0 Å². The summed E-state index contributed by atoms with van der Waals surface area (Å²) in [6, 6.07) is 4.21. The molecule has 1 aliphatic rings. The van der Waals surface area contributed by atoms with Crippen molar-refractivity contribution in [3.8, 4) is 0 Å². The number of pyridine rings is 1. The fourth-order valence-corrected chi connectivity index (χ4v) is 3.30. The number of aryl methyl sites for hydroxylation is 1. The van der Waals surface area contributed by atoms with Crippen LogP contribution in [0.4, 0.5) is 0 Å². The molecule has 0 saturated heterocycles. The quantitative estimate of drug-likeness (QED) is 0.898. The Hall–Kier alpha value is -0.890. The Balaban J connectivity index is 1.96. The van der Waals surface area contributed by atoms with Gasteiger partial charge >= 0.3 is 0 Å². The van der Waals surface area contributed by atoms with Crippen LogP contribution in [0.15, 0.2) is 18.3 Å². The topological polar surface area (TPSA) is 33.1 Å². The van der Waals surface area contributed by atoms with Gasteiger partial charge in [-0.2, -0.15) is 0 Å². The van der Waals surface area contributed by atoms with E-state index in [4.69, 9.17) is 0 Å². The van der Waals surface area contributed by atoms with Gasteiger partial charge in [-0.1, -0.05) is 33.8 Å². The maximum atomic E-state index is 10.8. The van der Waals surface area contributed by atoms with E-state index in [-0.39, 0.29) is 0 Å². The van der Waals surface area contributed by atoms with E-state index in [1.165, 1.54) is 5.56 Å². The molecule has 1 heterocycles. The third-order valence-corrected chi connectivity index (χ3v) is 4.95. The second-order valence-electron chi connectivity index (χ2n) is 7.55. The van der Waals surface area contributed by atoms with Gasteiger partial charge in [0.15, 0.2) is 0 Å². The van der Waals surface area contributed by atoms with E-state index in [2.05, 4.69) is 44.8 Å². The first-order chi connectivity index (χ1) is 9.32. The van der Waals surface area contributed by atoms with Gasteiger partial charge in [0.25, 0.3) is 0 Å². The minimum absolute atomic E-state index is 0.363. The number of aliphatic hydroxyl groups is 1. The van der Waals surface area contributed by atoms with Crippen molar-refractivity contribution in [2.75, 3.05) is 0 Å². The molecule has 0 radical (unpaired) electrons. The van der Waals surface area contributed by atoms with E-state index in [1.807, 2.05) is 6.20 Å². The molecular formula is C18H29NO. The highest BCUT2D eigenvalue weighted by molar-refractivity contribution is 5.15. The van der Waals surface area contributed by atoms with Gasteiger partial charge in [0, 0.05) is 18.3 Å². The molecule has 2 nitrogen and oxygen atoms in total. The molecule has 1 fully saturated rings. The summed E-state index contributed by atoms with van der Waals surface area (Å²) in [7, 11) is 0. The zero-order chi connectivity index (χ0) is 14.8. The summed E-state index contributed by atoms with van der Waals surface area (Å²) >= 11 is 0. The molecule has 0 spiro atoms. The molecule has 0 atom stereocenters. The molecule has 2 rings (SSSR count). The average molecular weight is 275 g/mol. The fraction of sp³-hybridized carbons (Fsp3) is 0.722. The van der Waals surface area contributed by atoms with E-state index < -0.39 is 5.60 Å².